The second-order valence-electron chi connectivity index (χ2n) is 7.93. The number of piperidine rings is 1. The molecule has 5 nitrogen and oxygen atoms in total. The highest BCUT2D eigenvalue weighted by Gasteiger charge is 2.46. The van der Waals surface area contributed by atoms with Gasteiger partial charge in [0, 0.05) is 38.5 Å². The minimum absolute atomic E-state index is 0.0136. The van der Waals surface area contributed by atoms with E-state index < -0.39 is 0 Å². The van der Waals surface area contributed by atoms with Gasteiger partial charge >= 0.3 is 0 Å². The Kier molecular flexibility index (Phi) is 4.87. The lowest BCUT2D eigenvalue weighted by Gasteiger charge is -2.42. The van der Waals surface area contributed by atoms with Crippen molar-refractivity contribution in [2.75, 3.05) is 32.9 Å². The Balaban J connectivity index is 1.29. The van der Waals surface area contributed by atoms with Crippen LogP contribution in [0.25, 0.3) is 0 Å². The number of ether oxygens (including phenoxy) is 2. The quantitative estimate of drug-likeness (QED) is 0.740. The number of carbonyl (C=O) groups is 1. The summed E-state index contributed by atoms with van der Waals surface area (Å²) < 4.78 is 17.4. The molecular weight excluding hydrogens is 318 g/mol. The zero-order valence-corrected chi connectivity index (χ0v) is 15.2. The Morgan fingerprint density at radius 3 is 2.80 bits per heavy atom. The van der Waals surface area contributed by atoms with Crippen molar-refractivity contribution >= 4 is 5.91 Å². The summed E-state index contributed by atoms with van der Waals surface area (Å²) in [6.07, 6.45) is 8.32. The number of amides is 1. The zero-order valence-electron chi connectivity index (χ0n) is 15.2. The molecule has 0 aromatic carbocycles. The molecule has 1 aromatic rings. The van der Waals surface area contributed by atoms with E-state index in [9.17, 15) is 4.79 Å². The molecule has 3 aliphatic rings. The molecule has 25 heavy (non-hydrogen) atoms. The van der Waals surface area contributed by atoms with Crippen LogP contribution in [0.1, 0.15) is 54.6 Å². The molecule has 1 spiro atoms. The Labute approximate surface area is 149 Å². The van der Waals surface area contributed by atoms with Gasteiger partial charge in [0.25, 0.3) is 5.91 Å². The maximum Gasteiger partial charge on any atom is 0.289 e. The van der Waals surface area contributed by atoms with Crippen molar-refractivity contribution in [1.29, 1.82) is 0 Å². The smallest absolute Gasteiger partial charge is 0.289 e. The van der Waals surface area contributed by atoms with Crippen LogP contribution in [0.15, 0.2) is 16.7 Å². The number of furan rings is 1. The molecule has 0 unspecified atom stereocenters. The molecular formula is C20H29NO4. The molecule has 4 rings (SSSR count). The van der Waals surface area contributed by atoms with Crippen LogP contribution < -0.4 is 0 Å². The molecule has 0 bridgehead atoms. The van der Waals surface area contributed by atoms with Crippen molar-refractivity contribution in [2.24, 2.45) is 11.8 Å². The molecule has 1 atom stereocenters. The van der Waals surface area contributed by atoms with Gasteiger partial charge in [0.15, 0.2) is 5.76 Å². The number of aryl methyl sites for hydroxylation is 1. The Morgan fingerprint density at radius 1 is 1.32 bits per heavy atom. The van der Waals surface area contributed by atoms with E-state index in [1.807, 2.05) is 17.9 Å². The summed E-state index contributed by atoms with van der Waals surface area (Å²) in [5.41, 5.74) is 0.867. The molecule has 1 aliphatic carbocycles. The second-order valence-corrected chi connectivity index (χ2v) is 7.93. The number of likely N-dealkylation sites (tertiary alicyclic amines) is 1. The van der Waals surface area contributed by atoms with E-state index in [-0.39, 0.29) is 11.5 Å². The normalized spacial score (nSPS) is 25.6. The minimum atomic E-state index is -0.0437. The van der Waals surface area contributed by atoms with Crippen LogP contribution in [0.2, 0.25) is 0 Å². The van der Waals surface area contributed by atoms with E-state index in [1.54, 1.807) is 6.26 Å². The van der Waals surface area contributed by atoms with E-state index in [0.717, 1.165) is 70.1 Å². The standard InChI is InChI=1S/C20H29NO4/c1-15-4-12-24-18(15)19(22)21-9-7-20(8-10-21)17(6-13-25-20)5-11-23-14-16-2-3-16/h4,12,16-17H,2-3,5-11,13-14H2,1H3/t17-/m0/s1. The third-order valence-corrected chi connectivity index (χ3v) is 6.21. The lowest BCUT2D eigenvalue weighted by Crippen LogP contribution is -2.49. The van der Waals surface area contributed by atoms with Crippen LogP contribution in [0, 0.1) is 18.8 Å². The first-order chi connectivity index (χ1) is 12.2. The topological polar surface area (TPSA) is 51.9 Å². The van der Waals surface area contributed by atoms with Crippen LogP contribution in [-0.4, -0.2) is 49.3 Å². The first-order valence-electron chi connectivity index (χ1n) is 9.73. The fourth-order valence-corrected chi connectivity index (χ4v) is 4.33. The van der Waals surface area contributed by atoms with Gasteiger partial charge in [-0.25, -0.2) is 0 Å². The molecule has 3 fully saturated rings. The summed E-state index contributed by atoms with van der Waals surface area (Å²) in [5.74, 6) is 1.88. The van der Waals surface area contributed by atoms with Gasteiger partial charge in [-0.1, -0.05) is 0 Å². The molecule has 1 aromatic heterocycles. The van der Waals surface area contributed by atoms with Gasteiger partial charge in [-0.05, 0) is 63.4 Å². The average molecular weight is 347 g/mol. The van der Waals surface area contributed by atoms with Crippen LogP contribution >= 0.6 is 0 Å². The van der Waals surface area contributed by atoms with Crippen molar-refractivity contribution in [3.63, 3.8) is 0 Å². The average Bonchev–Trinajstić information content (AvgIpc) is 3.23. The number of hydrogen-bond acceptors (Lipinski definition) is 4. The van der Waals surface area contributed by atoms with Crippen molar-refractivity contribution in [3.05, 3.63) is 23.7 Å². The second kappa shape index (κ2) is 7.12. The monoisotopic (exact) mass is 347 g/mol. The third-order valence-electron chi connectivity index (χ3n) is 6.21. The lowest BCUT2D eigenvalue weighted by atomic mass is 9.78. The first-order valence-corrected chi connectivity index (χ1v) is 9.73. The maximum absolute atomic E-state index is 12.6. The van der Waals surface area contributed by atoms with E-state index in [2.05, 4.69) is 0 Å². The van der Waals surface area contributed by atoms with E-state index in [1.165, 1.54) is 12.8 Å². The predicted molar refractivity (Wildman–Crippen MR) is 93.5 cm³/mol. The summed E-state index contributed by atoms with van der Waals surface area (Å²) >= 11 is 0. The molecule has 1 amide bonds. The summed E-state index contributed by atoms with van der Waals surface area (Å²) in [5, 5.41) is 0. The molecule has 0 radical (unpaired) electrons. The zero-order chi connectivity index (χ0) is 17.3. The van der Waals surface area contributed by atoms with Gasteiger partial charge in [0.1, 0.15) is 0 Å². The summed E-state index contributed by atoms with van der Waals surface area (Å²) in [6.45, 7) is 6.04. The van der Waals surface area contributed by atoms with Gasteiger partial charge in [0.05, 0.1) is 11.9 Å². The third kappa shape index (κ3) is 3.63. The molecule has 138 valence electrons. The van der Waals surface area contributed by atoms with Gasteiger partial charge in [-0.2, -0.15) is 0 Å². The van der Waals surface area contributed by atoms with Crippen LogP contribution in [0.4, 0.5) is 0 Å². The van der Waals surface area contributed by atoms with E-state index in [0.29, 0.717) is 11.7 Å². The summed E-state index contributed by atoms with van der Waals surface area (Å²) in [4.78, 5) is 14.5. The Hall–Kier alpha value is -1.33. The first kappa shape index (κ1) is 17.1. The highest BCUT2D eigenvalue weighted by Crippen LogP contribution is 2.42. The largest absolute Gasteiger partial charge is 0.459 e. The van der Waals surface area contributed by atoms with Crippen molar-refractivity contribution in [1.82, 2.24) is 4.90 Å². The SMILES string of the molecule is Cc1ccoc1C(=O)N1CCC2(CC1)OCC[C@@H]2CCOCC1CC1. The Morgan fingerprint density at radius 2 is 2.12 bits per heavy atom. The fourth-order valence-electron chi connectivity index (χ4n) is 4.33. The lowest BCUT2D eigenvalue weighted by molar-refractivity contribution is -0.0675. The highest BCUT2D eigenvalue weighted by molar-refractivity contribution is 5.92. The van der Waals surface area contributed by atoms with Crippen molar-refractivity contribution in [3.8, 4) is 0 Å². The van der Waals surface area contributed by atoms with E-state index >= 15 is 0 Å². The molecule has 2 saturated heterocycles. The molecule has 5 heteroatoms. The number of carbonyl (C=O) groups excluding carboxylic acids is 1. The molecule has 2 aliphatic heterocycles. The van der Waals surface area contributed by atoms with Crippen molar-refractivity contribution in [2.45, 2.75) is 51.0 Å². The summed E-state index contributed by atoms with van der Waals surface area (Å²) in [6, 6.07) is 1.84. The predicted octanol–water partition coefficient (Wildman–Crippen LogP) is 3.42. The van der Waals surface area contributed by atoms with E-state index in [4.69, 9.17) is 13.9 Å². The Bertz CT molecular complexity index is 599. The molecule has 3 heterocycles. The number of rotatable bonds is 6. The van der Waals surface area contributed by atoms with Gasteiger partial charge < -0.3 is 18.8 Å². The maximum atomic E-state index is 12.6. The van der Waals surface area contributed by atoms with Crippen LogP contribution in [-0.2, 0) is 9.47 Å². The van der Waals surface area contributed by atoms with Crippen molar-refractivity contribution < 1.29 is 18.7 Å². The molecule has 1 saturated carbocycles. The van der Waals surface area contributed by atoms with Crippen LogP contribution in [0.3, 0.4) is 0 Å². The highest BCUT2D eigenvalue weighted by atomic mass is 16.5. The number of hydrogen-bond donors (Lipinski definition) is 0. The summed E-state index contributed by atoms with van der Waals surface area (Å²) in [7, 11) is 0. The van der Waals surface area contributed by atoms with Gasteiger partial charge in [0.2, 0.25) is 0 Å². The molecule has 0 N–H and O–H groups in total. The fraction of sp³-hybridized carbons (Fsp3) is 0.750. The van der Waals surface area contributed by atoms with Gasteiger partial charge in [-0.3, -0.25) is 4.79 Å². The van der Waals surface area contributed by atoms with Crippen LogP contribution in [0.5, 0.6) is 0 Å². The minimum Gasteiger partial charge on any atom is -0.459 e. The number of nitrogens with zero attached hydrogens (tertiary/aromatic N) is 1. The van der Waals surface area contributed by atoms with Gasteiger partial charge in [-0.15, -0.1) is 0 Å².